The molecule has 6 nitrogen and oxygen atoms in total. The Hall–Kier alpha value is -3.09. The number of methoxy groups -OCH3 is 1. The standard InChI is InChI=1S/C20H24FN3O3/c1-13(15-8-9-18(27-3)17(21)12-15)23-20(26)24-16-6-4-5-14(11-16)7-10-19(25)22-2/h4-6,8-9,11-13H,7,10H2,1-3H3,(H,22,25)(H2,23,24,26)/t13-/m1/s1. The lowest BCUT2D eigenvalue weighted by Crippen LogP contribution is -2.31. The minimum absolute atomic E-state index is 0.0355. The van der Waals surface area contributed by atoms with Crippen molar-refractivity contribution in [3.8, 4) is 5.75 Å². The van der Waals surface area contributed by atoms with Crippen LogP contribution in [0.5, 0.6) is 5.75 Å². The molecule has 2 aromatic rings. The van der Waals surface area contributed by atoms with E-state index in [4.69, 9.17) is 4.74 Å². The summed E-state index contributed by atoms with van der Waals surface area (Å²) >= 11 is 0. The minimum atomic E-state index is -0.479. The highest BCUT2D eigenvalue weighted by Crippen LogP contribution is 2.22. The number of amides is 3. The maximum absolute atomic E-state index is 13.8. The monoisotopic (exact) mass is 373 g/mol. The summed E-state index contributed by atoms with van der Waals surface area (Å²) in [6, 6.07) is 11.1. The fourth-order valence-corrected chi connectivity index (χ4v) is 2.59. The predicted octanol–water partition coefficient (Wildman–Crippen LogP) is 3.40. The van der Waals surface area contributed by atoms with Gasteiger partial charge in [-0.2, -0.15) is 0 Å². The van der Waals surface area contributed by atoms with E-state index in [0.717, 1.165) is 5.56 Å². The first-order valence-electron chi connectivity index (χ1n) is 8.63. The van der Waals surface area contributed by atoms with Gasteiger partial charge in [-0.25, -0.2) is 9.18 Å². The first kappa shape index (κ1) is 20.2. The molecule has 0 spiro atoms. The third-order valence-electron chi connectivity index (χ3n) is 4.13. The average molecular weight is 373 g/mol. The summed E-state index contributed by atoms with van der Waals surface area (Å²) in [5.74, 6) is -0.358. The second-order valence-corrected chi connectivity index (χ2v) is 6.09. The first-order chi connectivity index (χ1) is 12.9. The molecule has 0 aliphatic carbocycles. The Morgan fingerprint density at radius 1 is 1.19 bits per heavy atom. The average Bonchev–Trinajstić information content (AvgIpc) is 2.66. The molecule has 1 atom stereocenters. The molecule has 27 heavy (non-hydrogen) atoms. The van der Waals surface area contributed by atoms with Gasteiger partial charge in [-0.1, -0.05) is 18.2 Å². The van der Waals surface area contributed by atoms with E-state index >= 15 is 0 Å². The summed E-state index contributed by atoms with van der Waals surface area (Å²) in [7, 11) is 3.00. The van der Waals surface area contributed by atoms with Crippen LogP contribution in [0.4, 0.5) is 14.9 Å². The van der Waals surface area contributed by atoms with Crippen molar-refractivity contribution in [1.29, 1.82) is 0 Å². The van der Waals surface area contributed by atoms with E-state index in [9.17, 15) is 14.0 Å². The fourth-order valence-electron chi connectivity index (χ4n) is 2.59. The van der Waals surface area contributed by atoms with Gasteiger partial charge in [0.2, 0.25) is 5.91 Å². The van der Waals surface area contributed by atoms with Crippen LogP contribution in [0.1, 0.15) is 30.5 Å². The van der Waals surface area contributed by atoms with E-state index in [1.807, 2.05) is 18.2 Å². The molecule has 0 bridgehead atoms. The van der Waals surface area contributed by atoms with Crippen molar-refractivity contribution in [2.45, 2.75) is 25.8 Å². The number of carbonyl (C=O) groups excluding carboxylic acids is 2. The highest BCUT2D eigenvalue weighted by atomic mass is 19.1. The van der Waals surface area contributed by atoms with Crippen LogP contribution in [-0.2, 0) is 11.2 Å². The normalized spacial score (nSPS) is 11.4. The number of hydrogen-bond donors (Lipinski definition) is 3. The quantitative estimate of drug-likeness (QED) is 0.696. The van der Waals surface area contributed by atoms with E-state index in [1.165, 1.54) is 19.2 Å². The molecule has 0 heterocycles. The van der Waals surface area contributed by atoms with Crippen molar-refractivity contribution < 1.29 is 18.7 Å². The molecular formula is C20H24FN3O3. The molecule has 2 rings (SSSR count). The van der Waals surface area contributed by atoms with Gasteiger partial charge < -0.3 is 20.7 Å². The number of benzene rings is 2. The van der Waals surface area contributed by atoms with Crippen LogP contribution in [0.2, 0.25) is 0 Å². The Morgan fingerprint density at radius 2 is 1.96 bits per heavy atom. The number of carbonyl (C=O) groups is 2. The Morgan fingerprint density at radius 3 is 2.63 bits per heavy atom. The lowest BCUT2D eigenvalue weighted by molar-refractivity contribution is -0.120. The Labute approximate surface area is 158 Å². The molecule has 0 unspecified atom stereocenters. The van der Waals surface area contributed by atoms with Crippen LogP contribution < -0.4 is 20.7 Å². The number of urea groups is 1. The highest BCUT2D eigenvalue weighted by Gasteiger charge is 2.12. The number of anilines is 1. The van der Waals surface area contributed by atoms with Crippen molar-refractivity contribution >= 4 is 17.6 Å². The predicted molar refractivity (Wildman–Crippen MR) is 102 cm³/mol. The highest BCUT2D eigenvalue weighted by molar-refractivity contribution is 5.89. The zero-order chi connectivity index (χ0) is 19.8. The largest absolute Gasteiger partial charge is 0.494 e. The second-order valence-electron chi connectivity index (χ2n) is 6.09. The summed E-state index contributed by atoms with van der Waals surface area (Å²) in [6.45, 7) is 1.76. The van der Waals surface area contributed by atoms with Crippen molar-refractivity contribution in [3.63, 3.8) is 0 Å². The third kappa shape index (κ3) is 5.99. The maximum Gasteiger partial charge on any atom is 0.319 e. The van der Waals surface area contributed by atoms with E-state index < -0.39 is 11.8 Å². The number of rotatable bonds is 7. The van der Waals surface area contributed by atoms with E-state index in [-0.39, 0.29) is 17.7 Å². The molecule has 144 valence electrons. The van der Waals surface area contributed by atoms with E-state index in [2.05, 4.69) is 16.0 Å². The molecule has 7 heteroatoms. The molecular weight excluding hydrogens is 349 g/mol. The molecule has 0 saturated carbocycles. The zero-order valence-corrected chi connectivity index (χ0v) is 15.6. The lowest BCUT2D eigenvalue weighted by atomic mass is 10.1. The number of ether oxygens (including phenoxy) is 1. The van der Waals surface area contributed by atoms with Crippen LogP contribution in [0.25, 0.3) is 0 Å². The van der Waals surface area contributed by atoms with Gasteiger partial charge in [0, 0.05) is 19.2 Å². The van der Waals surface area contributed by atoms with E-state index in [0.29, 0.717) is 24.1 Å². The number of hydrogen-bond acceptors (Lipinski definition) is 3. The molecule has 0 saturated heterocycles. The first-order valence-corrected chi connectivity index (χ1v) is 8.63. The van der Waals surface area contributed by atoms with Gasteiger partial charge in [0.15, 0.2) is 11.6 Å². The third-order valence-corrected chi connectivity index (χ3v) is 4.13. The zero-order valence-electron chi connectivity index (χ0n) is 15.6. The van der Waals surface area contributed by atoms with Crippen molar-refractivity contribution in [1.82, 2.24) is 10.6 Å². The molecule has 0 aliphatic heterocycles. The van der Waals surface area contributed by atoms with Gasteiger partial charge in [-0.05, 0) is 48.7 Å². The smallest absolute Gasteiger partial charge is 0.319 e. The summed E-state index contributed by atoms with van der Waals surface area (Å²) in [5, 5.41) is 8.10. The topological polar surface area (TPSA) is 79.5 Å². The van der Waals surface area contributed by atoms with Crippen molar-refractivity contribution in [2.75, 3.05) is 19.5 Å². The minimum Gasteiger partial charge on any atom is -0.494 e. The van der Waals surface area contributed by atoms with Crippen LogP contribution in [0, 0.1) is 5.82 Å². The van der Waals surface area contributed by atoms with Crippen LogP contribution in [0.3, 0.4) is 0 Å². The molecule has 3 amide bonds. The lowest BCUT2D eigenvalue weighted by Gasteiger charge is -2.16. The van der Waals surface area contributed by atoms with Gasteiger partial charge >= 0.3 is 6.03 Å². The van der Waals surface area contributed by atoms with Crippen molar-refractivity contribution in [3.05, 3.63) is 59.4 Å². The van der Waals surface area contributed by atoms with Gasteiger partial charge in [-0.15, -0.1) is 0 Å². The summed E-state index contributed by atoms with van der Waals surface area (Å²) in [6.07, 6.45) is 0.963. The van der Waals surface area contributed by atoms with E-state index in [1.54, 1.807) is 26.1 Å². The molecule has 0 fully saturated rings. The van der Waals surface area contributed by atoms with Crippen LogP contribution in [-0.4, -0.2) is 26.1 Å². The summed E-state index contributed by atoms with van der Waals surface area (Å²) in [5.41, 5.74) is 2.19. The molecule has 3 N–H and O–H groups in total. The second kappa shape index (κ2) is 9.56. The van der Waals surface area contributed by atoms with Gasteiger partial charge in [0.05, 0.1) is 13.2 Å². The summed E-state index contributed by atoms with van der Waals surface area (Å²) < 4.78 is 18.7. The number of aryl methyl sites for hydroxylation is 1. The number of nitrogens with one attached hydrogen (secondary N) is 3. The van der Waals surface area contributed by atoms with Gasteiger partial charge in [0.1, 0.15) is 0 Å². The molecule has 0 aliphatic rings. The van der Waals surface area contributed by atoms with Crippen LogP contribution in [0.15, 0.2) is 42.5 Å². The van der Waals surface area contributed by atoms with Gasteiger partial charge in [-0.3, -0.25) is 4.79 Å². The van der Waals surface area contributed by atoms with Crippen LogP contribution >= 0.6 is 0 Å². The molecule has 0 radical (unpaired) electrons. The molecule has 2 aromatic carbocycles. The Balaban J connectivity index is 1.95. The summed E-state index contributed by atoms with van der Waals surface area (Å²) in [4.78, 5) is 23.6. The molecule has 0 aromatic heterocycles. The van der Waals surface area contributed by atoms with Gasteiger partial charge in [0.25, 0.3) is 0 Å². The number of halogens is 1. The Bertz CT molecular complexity index is 811. The SMILES string of the molecule is CNC(=O)CCc1cccc(NC(=O)N[C@H](C)c2ccc(OC)c(F)c2)c1. The fraction of sp³-hybridized carbons (Fsp3) is 0.300. The Kier molecular flexibility index (Phi) is 7.16. The maximum atomic E-state index is 13.8. The van der Waals surface area contributed by atoms with Crippen molar-refractivity contribution in [2.24, 2.45) is 0 Å².